The lowest BCUT2D eigenvalue weighted by Crippen LogP contribution is -2.42. The predicted molar refractivity (Wildman–Crippen MR) is 90.6 cm³/mol. The molecule has 1 aromatic carbocycles. The SMILES string of the molecule is CC1(CNC(=O)c2ccc(N3CCCC3=O)cc2)CCNCC1. The van der Waals surface area contributed by atoms with Crippen LogP contribution < -0.4 is 15.5 Å². The Hall–Kier alpha value is -1.88. The maximum absolute atomic E-state index is 12.3. The summed E-state index contributed by atoms with van der Waals surface area (Å²) in [7, 11) is 0. The van der Waals surface area contributed by atoms with Gasteiger partial charge in [-0.2, -0.15) is 0 Å². The van der Waals surface area contributed by atoms with Gasteiger partial charge < -0.3 is 15.5 Å². The fourth-order valence-corrected chi connectivity index (χ4v) is 3.32. The van der Waals surface area contributed by atoms with Gasteiger partial charge in [0.25, 0.3) is 5.91 Å². The summed E-state index contributed by atoms with van der Waals surface area (Å²) in [5.41, 5.74) is 1.72. The fourth-order valence-electron chi connectivity index (χ4n) is 3.32. The highest BCUT2D eigenvalue weighted by molar-refractivity contribution is 5.97. The van der Waals surface area contributed by atoms with Crippen LogP contribution in [0.5, 0.6) is 0 Å². The average Bonchev–Trinajstić information content (AvgIpc) is 3.00. The number of rotatable bonds is 4. The molecular weight excluding hydrogens is 290 g/mol. The molecule has 2 amide bonds. The maximum Gasteiger partial charge on any atom is 0.251 e. The summed E-state index contributed by atoms with van der Waals surface area (Å²) in [6.07, 6.45) is 3.71. The van der Waals surface area contributed by atoms with Crippen molar-refractivity contribution in [3.8, 4) is 0 Å². The van der Waals surface area contributed by atoms with Gasteiger partial charge in [0, 0.05) is 30.8 Å². The summed E-state index contributed by atoms with van der Waals surface area (Å²) >= 11 is 0. The molecule has 0 aromatic heterocycles. The van der Waals surface area contributed by atoms with Crippen molar-refractivity contribution in [3.63, 3.8) is 0 Å². The summed E-state index contributed by atoms with van der Waals surface area (Å²) in [6, 6.07) is 7.34. The Kier molecular flexibility index (Phi) is 4.66. The highest BCUT2D eigenvalue weighted by Gasteiger charge is 2.27. The normalized spacial score (nSPS) is 20.6. The molecule has 2 saturated heterocycles. The van der Waals surface area contributed by atoms with Crippen LogP contribution in [0.25, 0.3) is 0 Å². The van der Waals surface area contributed by atoms with Crippen LogP contribution in [-0.4, -0.2) is 38.0 Å². The molecule has 2 aliphatic heterocycles. The Morgan fingerprint density at radius 3 is 2.57 bits per heavy atom. The van der Waals surface area contributed by atoms with E-state index in [9.17, 15) is 9.59 Å². The lowest BCUT2D eigenvalue weighted by Gasteiger charge is -2.34. The lowest BCUT2D eigenvalue weighted by atomic mass is 9.81. The number of anilines is 1. The Bertz CT molecular complexity index is 576. The van der Waals surface area contributed by atoms with Crippen molar-refractivity contribution >= 4 is 17.5 Å². The van der Waals surface area contributed by atoms with Gasteiger partial charge in [-0.1, -0.05) is 6.92 Å². The highest BCUT2D eigenvalue weighted by atomic mass is 16.2. The monoisotopic (exact) mass is 315 g/mol. The first kappa shape index (κ1) is 16.0. The molecule has 0 aliphatic carbocycles. The molecule has 0 radical (unpaired) electrons. The van der Waals surface area contributed by atoms with E-state index in [0.29, 0.717) is 18.5 Å². The van der Waals surface area contributed by atoms with E-state index in [1.165, 1.54) is 0 Å². The van der Waals surface area contributed by atoms with Gasteiger partial charge in [0.1, 0.15) is 0 Å². The number of hydrogen-bond donors (Lipinski definition) is 2. The van der Waals surface area contributed by atoms with Crippen LogP contribution >= 0.6 is 0 Å². The largest absolute Gasteiger partial charge is 0.351 e. The quantitative estimate of drug-likeness (QED) is 0.892. The average molecular weight is 315 g/mol. The second-order valence-electron chi connectivity index (χ2n) is 6.94. The molecule has 1 aromatic rings. The van der Waals surface area contributed by atoms with Crippen LogP contribution in [0.1, 0.15) is 43.0 Å². The minimum atomic E-state index is -0.0379. The summed E-state index contributed by atoms with van der Waals surface area (Å²) in [4.78, 5) is 25.9. The molecule has 3 rings (SSSR count). The number of nitrogens with one attached hydrogen (secondary N) is 2. The summed E-state index contributed by atoms with van der Waals surface area (Å²) in [5.74, 6) is 0.130. The molecule has 2 heterocycles. The first-order valence-corrected chi connectivity index (χ1v) is 8.47. The molecule has 2 fully saturated rings. The van der Waals surface area contributed by atoms with Gasteiger partial charge in [-0.15, -0.1) is 0 Å². The van der Waals surface area contributed by atoms with Gasteiger partial charge >= 0.3 is 0 Å². The summed E-state index contributed by atoms with van der Waals surface area (Å²) in [5, 5.41) is 6.41. The number of carbonyl (C=O) groups is 2. The number of benzene rings is 1. The Morgan fingerprint density at radius 2 is 1.96 bits per heavy atom. The van der Waals surface area contributed by atoms with Gasteiger partial charge in [0.05, 0.1) is 0 Å². The van der Waals surface area contributed by atoms with Crippen molar-refractivity contribution in [2.45, 2.75) is 32.6 Å². The first-order chi connectivity index (χ1) is 11.1. The van der Waals surface area contributed by atoms with Crippen molar-refractivity contribution in [2.24, 2.45) is 5.41 Å². The Labute approximate surface area is 137 Å². The first-order valence-electron chi connectivity index (χ1n) is 8.47. The summed E-state index contributed by atoms with van der Waals surface area (Å²) in [6.45, 7) is 5.75. The molecular formula is C18H25N3O2. The zero-order valence-electron chi connectivity index (χ0n) is 13.7. The second-order valence-corrected chi connectivity index (χ2v) is 6.94. The van der Waals surface area contributed by atoms with Crippen molar-refractivity contribution in [1.82, 2.24) is 10.6 Å². The second kappa shape index (κ2) is 6.71. The molecule has 0 atom stereocenters. The number of amides is 2. The van der Waals surface area contributed by atoms with E-state index in [0.717, 1.165) is 44.6 Å². The van der Waals surface area contributed by atoms with Crippen LogP contribution in [-0.2, 0) is 4.79 Å². The van der Waals surface area contributed by atoms with Crippen LogP contribution in [0.2, 0.25) is 0 Å². The Balaban J connectivity index is 1.58. The van der Waals surface area contributed by atoms with Crippen molar-refractivity contribution < 1.29 is 9.59 Å². The summed E-state index contributed by atoms with van der Waals surface area (Å²) < 4.78 is 0. The molecule has 0 bridgehead atoms. The third-order valence-corrected chi connectivity index (χ3v) is 5.00. The van der Waals surface area contributed by atoms with E-state index in [-0.39, 0.29) is 17.2 Å². The van der Waals surface area contributed by atoms with Crippen molar-refractivity contribution in [2.75, 3.05) is 31.1 Å². The van der Waals surface area contributed by atoms with E-state index in [1.807, 2.05) is 12.1 Å². The van der Waals surface area contributed by atoms with Gasteiger partial charge in [-0.25, -0.2) is 0 Å². The third-order valence-electron chi connectivity index (χ3n) is 5.00. The number of hydrogen-bond acceptors (Lipinski definition) is 3. The molecule has 5 nitrogen and oxygen atoms in total. The van der Waals surface area contributed by atoms with Gasteiger partial charge in [0.2, 0.25) is 5.91 Å². The molecule has 124 valence electrons. The van der Waals surface area contributed by atoms with E-state index in [2.05, 4.69) is 17.6 Å². The van der Waals surface area contributed by atoms with Crippen LogP contribution in [0.3, 0.4) is 0 Å². The van der Waals surface area contributed by atoms with Gasteiger partial charge in [-0.3, -0.25) is 9.59 Å². The molecule has 2 aliphatic rings. The van der Waals surface area contributed by atoms with Crippen LogP contribution in [0.15, 0.2) is 24.3 Å². The molecule has 0 saturated carbocycles. The molecule has 0 spiro atoms. The maximum atomic E-state index is 12.3. The number of carbonyl (C=O) groups excluding carboxylic acids is 2. The molecule has 2 N–H and O–H groups in total. The van der Waals surface area contributed by atoms with Crippen LogP contribution in [0, 0.1) is 5.41 Å². The Morgan fingerprint density at radius 1 is 1.26 bits per heavy atom. The number of nitrogens with zero attached hydrogens (tertiary/aromatic N) is 1. The smallest absolute Gasteiger partial charge is 0.251 e. The van der Waals surface area contributed by atoms with Gasteiger partial charge in [0.15, 0.2) is 0 Å². The van der Waals surface area contributed by atoms with Gasteiger partial charge in [-0.05, 0) is 62.0 Å². The van der Waals surface area contributed by atoms with E-state index < -0.39 is 0 Å². The molecule has 23 heavy (non-hydrogen) atoms. The highest BCUT2D eigenvalue weighted by Crippen LogP contribution is 2.27. The predicted octanol–water partition coefficient (Wildman–Crippen LogP) is 1.93. The fraction of sp³-hybridized carbons (Fsp3) is 0.556. The van der Waals surface area contributed by atoms with Crippen molar-refractivity contribution in [1.29, 1.82) is 0 Å². The van der Waals surface area contributed by atoms with E-state index in [1.54, 1.807) is 17.0 Å². The zero-order chi connectivity index (χ0) is 16.3. The number of piperidine rings is 1. The minimum absolute atomic E-state index is 0.0379. The standard InChI is InChI=1S/C18H25N3O2/c1-18(8-10-19-11-9-18)13-20-17(23)14-4-6-15(7-5-14)21-12-2-3-16(21)22/h4-7,19H,2-3,8-13H2,1H3,(H,20,23). The molecule has 0 unspecified atom stereocenters. The third kappa shape index (κ3) is 3.72. The van der Waals surface area contributed by atoms with Crippen LogP contribution in [0.4, 0.5) is 5.69 Å². The minimum Gasteiger partial charge on any atom is -0.351 e. The van der Waals surface area contributed by atoms with E-state index in [4.69, 9.17) is 0 Å². The van der Waals surface area contributed by atoms with E-state index >= 15 is 0 Å². The van der Waals surface area contributed by atoms with Crippen molar-refractivity contribution in [3.05, 3.63) is 29.8 Å². The topological polar surface area (TPSA) is 61.4 Å². The molecule has 5 heteroatoms. The lowest BCUT2D eigenvalue weighted by molar-refractivity contribution is -0.117. The zero-order valence-corrected chi connectivity index (χ0v) is 13.7.